The maximum atomic E-state index is 12.0. The number of nitrogens with one attached hydrogen (secondary N) is 1. The summed E-state index contributed by atoms with van der Waals surface area (Å²) in [5.41, 5.74) is -0.385. The molecular formula is C11H14N2O6S. The number of carboxylic acids is 1. The van der Waals surface area contributed by atoms with E-state index in [2.05, 4.69) is 0 Å². The lowest BCUT2D eigenvalue weighted by Crippen LogP contribution is -2.44. The number of hydrogen-bond acceptors (Lipinski definition) is 5. The summed E-state index contributed by atoms with van der Waals surface area (Å²) in [5.74, 6) is -1.78. The number of nitro groups is 1. The molecule has 2 N–H and O–H groups in total. The summed E-state index contributed by atoms with van der Waals surface area (Å²) in [6, 6.07) is 3.10. The molecule has 0 aromatic heterocycles. The first kappa shape index (κ1) is 16.1. The van der Waals surface area contributed by atoms with Crippen LogP contribution in [0.15, 0.2) is 29.2 Å². The molecule has 1 rings (SSSR count). The second-order valence-corrected chi connectivity index (χ2v) is 6.15. The third-order valence-corrected chi connectivity index (χ3v) is 3.99. The molecule has 0 saturated heterocycles. The molecule has 0 aliphatic heterocycles. The lowest BCUT2D eigenvalue weighted by molar-refractivity contribution is -0.385. The quantitative estimate of drug-likeness (QED) is 0.595. The van der Waals surface area contributed by atoms with Gasteiger partial charge in [-0.25, -0.2) is 8.42 Å². The van der Waals surface area contributed by atoms with E-state index >= 15 is 0 Å². The number of carboxylic acid groups (broad SMARTS) is 1. The Balaban J connectivity index is 3.14. The topological polar surface area (TPSA) is 127 Å². The monoisotopic (exact) mass is 302 g/mol. The molecular weight excluding hydrogens is 288 g/mol. The SMILES string of the molecule is CC(C)[C@H](NS(=O)(=O)c1cccc([N+](=O)[O-])c1)C(=O)O. The van der Waals surface area contributed by atoms with Crippen molar-refractivity contribution in [2.75, 3.05) is 0 Å². The van der Waals surface area contributed by atoms with E-state index in [0.29, 0.717) is 0 Å². The van der Waals surface area contributed by atoms with E-state index in [-0.39, 0.29) is 10.6 Å². The first-order chi connectivity index (χ1) is 9.15. The van der Waals surface area contributed by atoms with Gasteiger partial charge in [-0.05, 0) is 12.0 Å². The molecule has 0 aliphatic carbocycles. The Bertz CT molecular complexity index is 626. The zero-order chi connectivity index (χ0) is 15.5. The average Bonchev–Trinajstić information content (AvgIpc) is 2.35. The van der Waals surface area contributed by atoms with Crippen LogP contribution in [-0.4, -0.2) is 30.5 Å². The largest absolute Gasteiger partial charge is 0.480 e. The Labute approximate surface area is 115 Å². The van der Waals surface area contributed by atoms with Crippen LogP contribution in [-0.2, 0) is 14.8 Å². The Hall–Kier alpha value is -2.00. The zero-order valence-electron chi connectivity index (χ0n) is 10.8. The minimum Gasteiger partial charge on any atom is -0.480 e. The van der Waals surface area contributed by atoms with Crippen LogP contribution in [0.4, 0.5) is 5.69 Å². The van der Waals surface area contributed by atoms with Crippen molar-refractivity contribution in [3.63, 3.8) is 0 Å². The summed E-state index contributed by atoms with van der Waals surface area (Å²) >= 11 is 0. The van der Waals surface area contributed by atoms with Crippen molar-refractivity contribution >= 4 is 21.7 Å². The molecule has 0 unspecified atom stereocenters. The van der Waals surface area contributed by atoms with Crippen molar-refractivity contribution in [1.29, 1.82) is 0 Å². The van der Waals surface area contributed by atoms with Gasteiger partial charge in [0.2, 0.25) is 10.0 Å². The van der Waals surface area contributed by atoms with Crippen molar-refractivity contribution in [1.82, 2.24) is 4.72 Å². The summed E-state index contributed by atoms with van der Waals surface area (Å²) in [6.45, 7) is 3.10. The van der Waals surface area contributed by atoms with E-state index in [0.717, 1.165) is 18.2 Å². The first-order valence-electron chi connectivity index (χ1n) is 5.64. The summed E-state index contributed by atoms with van der Waals surface area (Å²) in [5, 5.41) is 19.6. The molecule has 0 spiro atoms. The van der Waals surface area contributed by atoms with Crippen LogP contribution < -0.4 is 4.72 Å². The van der Waals surface area contributed by atoms with Crippen molar-refractivity contribution < 1.29 is 23.2 Å². The van der Waals surface area contributed by atoms with E-state index in [1.807, 2.05) is 4.72 Å². The Morgan fingerprint density at radius 2 is 2.00 bits per heavy atom. The average molecular weight is 302 g/mol. The normalized spacial score (nSPS) is 13.2. The minimum atomic E-state index is -4.14. The molecule has 20 heavy (non-hydrogen) atoms. The molecule has 0 radical (unpaired) electrons. The van der Waals surface area contributed by atoms with E-state index in [1.54, 1.807) is 13.8 Å². The van der Waals surface area contributed by atoms with E-state index in [4.69, 9.17) is 5.11 Å². The highest BCUT2D eigenvalue weighted by atomic mass is 32.2. The van der Waals surface area contributed by atoms with Gasteiger partial charge in [-0.15, -0.1) is 0 Å². The number of nitrogens with zero attached hydrogens (tertiary/aromatic N) is 1. The fourth-order valence-corrected chi connectivity index (χ4v) is 2.85. The summed E-state index contributed by atoms with van der Waals surface area (Å²) in [7, 11) is -4.14. The molecule has 8 nitrogen and oxygen atoms in total. The molecule has 0 bridgehead atoms. The van der Waals surface area contributed by atoms with Crippen molar-refractivity contribution in [3.8, 4) is 0 Å². The third kappa shape index (κ3) is 3.75. The van der Waals surface area contributed by atoms with Crippen LogP contribution in [0.5, 0.6) is 0 Å². The highest BCUT2D eigenvalue weighted by Crippen LogP contribution is 2.18. The number of non-ortho nitro benzene ring substituents is 1. The summed E-state index contributed by atoms with van der Waals surface area (Å²) in [6.07, 6.45) is 0. The number of sulfonamides is 1. The molecule has 0 amide bonds. The molecule has 0 fully saturated rings. The number of rotatable bonds is 6. The van der Waals surface area contributed by atoms with Crippen LogP contribution in [0, 0.1) is 16.0 Å². The molecule has 110 valence electrons. The number of hydrogen-bond donors (Lipinski definition) is 2. The van der Waals surface area contributed by atoms with Gasteiger partial charge in [0.25, 0.3) is 5.69 Å². The van der Waals surface area contributed by atoms with Crippen LogP contribution in [0.2, 0.25) is 0 Å². The molecule has 0 heterocycles. The highest BCUT2D eigenvalue weighted by molar-refractivity contribution is 7.89. The molecule has 1 aromatic rings. The van der Waals surface area contributed by atoms with E-state index in [1.165, 1.54) is 6.07 Å². The highest BCUT2D eigenvalue weighted by Gasteiger charge is 2.28. The van der Waals surface area contributed by atoms with E-state index < -0.39 is 32.9 Å². The molecule has 1 atom stereocenters. The van der Waals surface area contributed by atoms with Crippen molar-refractivity contribution in [2.24, 2.45) is 5.92 Å². The summed E-state index contributed by atoms with van der Waals surface area (Å²) in [4.78, 5) is 20.5. The molecule has 0 aliphatic rings. The maximum Gasteiger partial charge on any atom is 0.322 e. The molecule has 9 heteroatoms. The third-order valence-electron chi connectivity index (χ3n) is 2.55. The van der Waals surface area contributed by atoms with Gasteiger partial charge in [0, 0.05) is 12.1 Å². The van der Waals surface area contributed by atoms with Crippen LogP contribution in [0.25, 0.3) is 0 Å². The second-order valence-electron chi connectivity index (χ2n) is 4.44. The van der Waals surface area contributed by atoms with Gasteiger partial charge >= 0.3 is 5.97 Å². The maximum absolute atomic E-state index is 12.0. The van der Waals surface area contributed by atoms with Gasteiger partial charge < -0.3 is 5.11 Å². The minimum absolute atomic E-state index is 0.349. The Morgan fingerprint density at radius 3 is 2.45 bits per heavy atom. The molecule has 0 saturated carbocycles. The van der Waals surface area contributed by atoms with Crippen LogP contribution in [0.1, 0.15) is 13.8 Å². The van der Waals surface area contributed by atoms with Gasteiger partial charge in [-0.3, -0.25) is 14.9 Å². The van der Waals surface area contributed by atoms with Crippen LogP contribution >= 0.6 is 0 Å². The zero-order valence-corrected chi connectivity index (χ0v) is 11.6. The lowest BCUT2D eigenvalue weighted by Gasteiger charge is -2.17. The molecule has 1 aromatic carbocycles. The van der Waals surface area contributed by atoms with Crippen molar-refractivity contribution in [2.45, 2.75) is 24.8 Å². The lowest BCUT2D eigenvalue weighted by atomic mass is 10.1. The standard InChI is InChI=1S/C11H14N2O6S/c1-7(2)10(11(14)15)12-20(18,19)9-5-3-4-8(6-9)13(16)17/h3-7,10,12H,1-2H3,(H,14,15)/t10-/m0/s1. The van der Waals surface area contributed by atoms with Gasteiger partial charge in [-0.1, -0.05) is 19.9 Å². The van der Waals surface area contributed by atoms with Gasteiger partial charge in [0.15, 0.2) is 0 Å². The summed E-state index contributed by atoms with van der Waals surface area (Å²) < 4.78 is 26.1. The first-order valence-corrected chi connectivity index (χ1v) is 7.13. The smallest absolute Gasteiger partial charge is 0.322 e. The van der Waals surface area contributed by atoms with E-state index in [9.17, 15) is 23.3 Å². The number of carbonyl (C=O) groups is 1. The number of benzene rings is 1. The Morgan fingerprint density at radius 1 is 1.40 bits per heavy atom. The van der Waals surface area contributed by atoms with Gasteiger partial charge in [-0.2, -0.15) is 4.72 Å². The number of nitro benzene ring substituents is 1. The van der Waals surface area contributed by atoms with Gasteiger partial charge in [0.05, 0.1) is 9.82 Å². The Kier molecular flexibility index (Phi) is 4.79. The number of aliphatic carboxylic acids is 1. The van der Waals surface area contributed by atoms with Crippen molar-refractivity contribution in [3.05, 3.63) is 34.4 Å². The van der Waals surface area contributed by atoms with Crippen LogP contribution in [0.3, 0.4) is 0 Å². The predicted octanol–water partition coefficient (Wildman–Crippen LogP) is 0.982. The fraction of sp³-hybridized carbons (Fsp3) is 0.364. The fourth-order valence-electron chi connectivity index (χ4n) is 1.47. The second kappa shape index (κ2) is 5.97. The van der Waals surface area contributed by atoms with Gasteiger partial charge in [0.1, 0.15) is 6.04 Å². The predicted molar refractivity (Wildman–Crippen MR) is 69.7 cm³/mol.